The second kappa shape index (κ2) is 8.80. The Labute approximate surface area is 169 Å². The Morgan fingerprint density at radius 2 is 1.54 bits per heavy atom. The fraction of sp³-hybridized carbons (Fsp3) is 0.682. The van der Waals surface area contributed by atoms with Gasteiger partial charge in [0.2, 0.25) is 0 Å². The molecule has 1 atom stereocenters. The summed E-state index contributed by atoms with van der Waals surface area (Å²) >= 11 is 0. The van der Waals surface area contributed by atoms with E-state index in [-0.39, 0.29) is 11.9 Å². The summed E-state index contributed by atoms with van der Waals surface area (Å²) in [6.45, 7) is 13.9. The van der Waals surface area contributed by atoms with Crippen molar-refractivity contribution in [2.24, 2.45) is 5.92 Å². The number of hydrazine groups is 1. The van der Waals surface area contributed by atoms with Gasteiger partial charge in [0.25, 0.3) is 0 Å². The topological polar surface area (TPSA) is 56.2 Å². The van der Waals surface area contributed by atoms with Gasteiger partial charge in [0.05, 0.1) is 5.92 Å². The summed E-state index contributed by atoms with van der Waals surface area (Å²) in [5.74, 6) is 0.307. The zero-order valence-electron chi connectivity index (χ0n) is 17.7. The third kappa shape index (κ3) is 5.46. The van der Waals surface area contributed by atoms with E-state index in [1.807, 2.05) is 32.9 Å². The molecule has 1 aromatic carbocycles. The molecule has 3 rings (SSSR count). The van der Waals surface area contributed by atoms with Crippen molar-refractivity contribution in [3.63, 3.8) is 0 Å². The van der Waals surface area contributed by atoms with E-state index in [0.29, 0.717) is 11.8 Å². The maximum Gasteiger partial charge on any atom is 0.309 e. The van der Waals surface area contributed by atoms with Crippen molar-refractivity contribution in [3.8, 4) is 5.75 Å². The quantitative estimate of drug-likeness (QED) is 0.799. The third-order valence-corrected chi connectivity index (χ3v) is 5.83. The molecule has 2 aliphatic heterocycles. The van der Waals surface area contributed by atoms with E-state index in [0.717, 1.165) is 52.1 Å². The average molecular weight is 390 g/mol. The van der Waals surface area contributed by atoms with Crippen molar-refractivity contribution >= 4 is 5.97 Å². The van der Waals surface area contributed by atoms with Crippen molar-refractivity contribution in [1.82, 2.24) is 14.9 Å². The largest absolute Gasteiger partial charge is 0.508 e. The molecule has 2 fully saturated rings. The minimum Gasteiger partial charge on any atom is -0.508 e. The molecule has 0 saturated carbocycles. The van der Waals surface area contributed by atoms with Crippen LogP contribution in [-0.4, -0.2) is 70.9 Å². The van der Waals surface area contributed by atoms with Gasteiger partial charge in [-0.15, -0.1) is 0 Å². The number of piperidine rings is 1. The monoisotopic (exact) mass is 389 g/mol. The Morgan fingerprint density at radius 1 is 1.00 bits per heavy atom. The number of aromatic hydroxyl groups is 1. The highest BCUT2D eigenvalue weighted by Crippen LogP contribution is 2.26. The van der Waals surface area contributed by atoms with E-state index < -0.39 is 5.60 Å². The van der Waals surface area contributed by atoms with Gasteiger partial charge in [0.1, 0.15) is 11.4 Å². The van der Waals surface area contributed by atoms with Gasteiger partial charge >= 0.3 is 5.97 Å². The van der Waals surface area contributed by atoms with Crippen LogP contribution in [0.4, 0.5) is 0 Å². The van der Waals surface area contributed by atoms with Gasteiger partial charge in [-0.2, -0.15) is 0 Å². The van der Waals surface area contributed by atoms with Crippen molar-refractivity contribution in [3.05, 3.63) is 29.8 Å². The molecule has 1 unspecified atom stereocenters. The summed E-state index contributed by atoms with van der Waals surface area (Å²) in [6, 6.07) is 7.88. The molecule has 2 aliphatic rings. The van der Waals surface area contributed by atoms with Gasteiger partial charge in [0, 0.05) is 45.3 Å². The molecular weight excluding hydrogens is 354 g/mol. The first-order valence-corrected chi connectivity index (χ1v) is 10.5. The highest BCUT2D eigenvalue weighted by molar-refractivity contribution is 5.73. The molecule has 0 spiro atoms. The van der Waals surface area contributed by atoms with Crippen molar-refractivity contribution in [2.75, 3.05) is 39.3 Å². The third-order valence-electron chi connectivity index (χ3n) is 5.83. The molecule has 28 heavy (non-hydrogen) atoms. The maximum absolute atomic E-state index is 12.3. The molecule has 0 bridgehead atoms. The second-order valence-corrected chi connectivity index (χ2v) is 9.02. The molecule has 6 nitrogen and oxygen atoms in total. The number of nitrogens with zero attached hydrogens (tertiary/aromatic N) is 3. The molecule has 2 saturated heterocycles. The molecule has 0 radical (unpaired) electrons. The first-order chi connectivity index (χ1) is 13.2. The fourth-order valence-electron chi connectivity index (χ4n) is 4.11. The Balaban J connectivity index is 1.44. The molecule has 2 heterocycles. The smallest absolute Gasteiger partial charge is 0.309 e. The fourth-order valence-corrected chi connectivity index (χ4v) is 4.11. The van der Waals surface area contributed by atoms with E-state index >= 15 is 0 Å². The number of piperazine rings is 1. The van der Waals surface area contributed by atoms with Gasteiger partial charge in [0.15, 0.2) is 0 Å². The maximum atomic E-state index is 12.3. The van der Waals surface area contributed by atoms with Crippen LogP contribution in [0.25, 0.3) is 0 Å². The zero-order valence-corrected chi connectivity index (χ0v) is 17.7. The summed E-state index contributed by atoms with van der Waals surface area (Å²) in [7, 11) is 0. The number of hydrogen-bond donors (Lipinski definition) is 1. The number of phenols is 1. The average Bonchev–Trinajstić information content (AvgIpc) is 2.67. The van der Waals surface area contributed by atoms with Crippen molar-refractivity contribution < 1.29 is 14.6 Å². The van der Waals surface area contributed by atoms with Crippen molar-refractivity contribution in [2.45, 2.75) is 52.2 Å². The SMILES string of the molecule is CC(c1ccc(O)cc1)N1CCN(N2CCC(C(=O)OC(C)(C)C)CC2)CC1. The molecule has 156 valence electrons. The van der Waals surface area contributed by atoms with Gasteiger partial charge in [-0.1, -0.05) is 12.1 Å². The zero-order chi connectivity index (χ0) is 20.3. The van der Waals surface area contributed by atoms with Gasteiger partial charge in [-0.05, 0) is 58.2 Å². The lowest BCUT2D eigenvalue weighted by molar-refractivity contribution is -0.164. The van der Waals surface area contributed by atoms with Crippen LogP contribution in [0.1, 0.15) is 52.1 Å². The number of ether oxygens (including phenoxy) is 1. The van der Waals surface area contributed by atoms with Crippen molar-refractivity contribution in [1.29, 1.82) is 0 Å². The van der Waals surface area contributed by atoms with Gasteiger partial charge in [-0.3, -0.25) is 9.69 Å². The second-order valence-electron chi connectivity index (χ2n) is 9.02. The summed E-state index contributed by atoms with van der Waals surface area (Å²) in [4.78, 5) is 14.8. The Bertz CT molecular complexity index is 640. The first-order valence-electron chi connectivity index (χ1n) is 10.5. The lowest BCUT2D eigenvalue weighted by Gasteiger charge is -2.45. The minimum absolute atomic E-state index is 0.0336. The summed E-state index contributed by atoms with van der Waals surface area (Å²) in [5.41, 5.74) is 0.836. The van der Waals surface area contributed by atoms with E-state index in [4.69, 9.17) is 4.74 Å². The van der Waals surface area contributed by atoms with Crippen LogP contribution in [0.2, 0.25) is 0 Å². The minimum atomic E-state index is -0.404. The highest BCUT2D eigenvalue weighted by Gasteiger charge is 2.32. The molecule has 0 aromatic heterocycles. The molecule has 1 N–H and O–H groups in total. The number of rotatable bonds is 4. The van der Waals surface area contributed by atoms with Crippen LogP contribution in [0.5, 0.6) is 5.75 Å². The Morgan fingerprint density at radius 3 is 2.07 bits per heavy atom. The summed E-state index contributed by atoms with van der Waals surface area (Å²) in [6.07, 6.45) is 1.75. The van der Waals surface area contributed by atoms with Crippen LogP contribution in [-0.2, 0) is 9.53 Å². The molecule has 0 amide bonds. The molecule has 6 heteroatoms. The molecular formula is C22H35N3O3. The van der Waals surface area contributed by atoms with Crippen LogP contribution >= 0.6 is 0 Å². The highest BCUT2D eigenvalue weighted by atomic mass is 16.6. The number of carbonyl (C=O) groups excluding carboxylic acids is 1. The number of esters is 1. The van der Waals surface area contributed by atoms with E-state index in [2.05, 4.69) is 21.8 Å². The number of carbonyl (C=O) groups is 1. The van der Waals surface area contributed by atoms with Crippen LogP contribution in [0.3, 0.4) is 0 Å². The van der Waals surface area contributed by atoms with E-state index in [1.165, 1.54) is 5.56 Å². The molecule has 1 aromatic rings. The predicted molar refractivity (Wildman–Crippen MR) is 110 cm³/mol. The first kappa shape index (κ1) is 21.1. The van der Waals surface area contributed by atoms with E-state index in [9.17, 15) is 9.90 Å². The molecule has 0 aliphatic carbocycles. The standard InChI is InChI=1S/C22H35N3O3/c1-17(18-5-7-20(26)8-6-18)23-13-15-25(16-14-23)24-11-9-19(10-12-24)21(27)28-22(2,3)4/h5-8,17,19,26H,9-16H2,1-4H3. The van der Waals surface area contributed by atoms with Crippen LogP contribution < -0.4 is 0 Å². The summed E-state index contributed by atoms with van der Waals surface area (Å²) in [5, 5.41) is 14.4. The number of hydrogen-bond acceptors (Lipinski definition) is 6. The number of phenolic OH excluding ortho intramolecular Hbond substituents is 1. The normalized spacial score (nSPS) is 22.1. The lowest BCUT2D eigenvalue weighted by atomic mass is 9.97. The van der Waals surface area contributed by atoms with E-state index in [1.54, 1.807) is 12.1 Å². The van der Waals surface area contributed by atoms with Crippen LogP contribution in [0, 0.1) is 5.92 Å². The number of benzene rings is 1. The van der Waals surface area contributed by atoms with Gasteiger partial charge < -0.3 is 9.84 Å². The van der Waals surface area contributed by atoms with Gasteiger partial charge in [-0.25, -0.2) is 10.0 Å². The summed E-state index contributed by atoms with van der Waals surface area (Å²) < 4.78 is 5.55. The Hall–Kier alpha value is -1.63. The Kier molecular flexibility index (Phi) is 6.63. The van der Waals surface area contributed by atoms with Crippen LogP contribution in [0.15, 0.2) is 24.3 Å². The predicted octanol–water partition coefficient (Wildman–Crippen LogP) is 3.04. The lowest BCUT2D eigenvalue weighted by Crippen LogP contribution is -2.56.